The van der Waals surface area contributed by atoms with E-state index in [-0.39, 0.29) is 24.4 Å². The fraction of sp³-hybridized carbons (Fsp3) is 0.846. The average Bonchev–Trinajstić information content (AvgIpc) is 2.84. The Kier molecular flexibility index (Phi) is 4.58. The van der Waals surface area contributed by atoms with Crippen LogP contribution in [-0.4, -0.2) is 60.4 Å². The minimum atomic E-state index is -0.158. The Morgan fingerprint density at radius 2 is 2.17 bits per heavy atom. The third-order valence-corrected chi connectivity index (χ3v) is 3.70. The summed E-state index contributed by atoms with van der Waals surface area (Å²) in [7, 11) is 0. The summed E-state index contributed by atoms with van der Waals surface area (Å²) < 4.78 is 0. The largest absolute Gasteiger partial charge is 0.332 e. The smallest absolute Gasteiger partial charge is 0.245 e. The van der Waals surface area contributed by atoms with Gasteiger partial charge in [-0.05, 0) is 38.8 Å². The SMILES string of the molecule is CCCNCCCN1CC(=O)N2CCCC2C1=O. The Hall–Kier alpha value is -1.10. The van der Waals surface area contributed by atoms with Crippen molar-refractivity contribution in [3.05, 3.63) is 0 Å². The van der Waals surface area contributed by atoms with Crippen LogP contribution in [0.15, 0.2) is 0 Å². The molecule has 2 heterocycles. The van der Waals surface area contributed by atoms with Gasteiger partial charge in [-0.2, -0.15) is 0 Å². The molecule has 0 bridgehead atoms. The summed E-state index contributed by atoms with van der Waals surface area (Å²) in [6, 6.07) is -0.158. The van der Waals surface area contributed by atoms with E-state index < -0.39 is 0 Å². The topological polar surface area (TPSA) is 52.7 Å². The van der Waals surface area contributed by atoms with Gasteiger partial charge in [-0.15, -0.1) is 0 Å². The van der Waals surface area contributed by atoms with Crippen molar-refractivity contribution in [1.29, 1.82) is 0 Å². The van der Waals surface area contributed by atoms with E-state index in [9.17, 15) is 9.59 Å². The highest BCUT2D eigenvalue weighted by Gasteiger charge is 2.41. The van der Waals surface area contributed by atoms with Gasteiger partial charge in [0.05, 0.1) is 6.54 Å². The summed E-state index contributed by atoms with van der Waals surface area (Å²) in [5.41, 5.74) is 0. The molecule has 1 unspecified atom stereocenters. The normalized spacial score (nSPS) is 23.7. The second kappa shape index (κ2) is 6.18. The summed E-state index contributed by atoms with van der Waals surface area (Å²) in [5.74, 6) is 0.279. The second-order valence-corrected chi connectivity index (χ2v) is 5.11. The van der Waals surface area contributed by atoms with Gasteiger partial charge in [0.25, 0.3) is 0 Å². The van der Waals surface area contributed by atoms with Crippen molar-refractivity contribution in [3.63, 3.8) is 0 Å². The van der Waals surface area contributed by atoms with E-state index in [1.807, 2.05) is 0 Å². The molecule has 0 aromatic heterocycles. The maximum atomic E-state index is 12.2. The Labute approximate surface area is 108 Å². The monoisotopic (exact) mass is 253 g/mol. The first kappa shape index (κ1) is 13.3. The highest BCUT2D eigenvalue weighted by atomic mass is 16.2. The lowest BCUT2D eigenvalue weighted by atomic mass is 10.1. The highest BCUT2D eigenvalue weighted by Crippen LogP contribution is 2.23. The molecule has 5 heteroatoms. The molecule has 102 valence electrons. The van der Waals surface area contributed by atoms with Gasteiger partial charge in [0.15, 0.2) is 0 Å². The van der Waals surface area contributed by atoms with Gasteiger partial charge < -0.3 is 15.1 Å². The van der Waals surface area contributed by atoms with Gasteiger partial charge in [-0.3, -0.25) is 9.59 Å². The Bertz CT molecular complexity index is 319. The van der Waals surface area contributed by atoms with Crippen LogP contribution in [0.5, 0.6) is 0 Å². The first-order valence-electron chi connectivity index (χ1n) is 7.03. The van der Waals surface area contributed by atoms with Gasteiger partial charge in [0, 0.05) is 13.1 Å². The standard InChI is InChI=1S/C13H23N3O2/c1-2-6-14-7-4-8-15-10-12(17)16-9-3-5-11(16)13(15)18/h11,14H,2-10H2,1H3. The highest BCUT2D eigenvalue weighted by molar-refractivity contribution is 5.95. The maximum Gasteiger partial charge on any atom is 0.245 e. The van der Waals surface area contributed by atoms with Crippen molar-refractivity contribution in [2.24, 2.45) is 0 Å². The zero-order valence-electron chi connectivity index (χ0n) is 11.2. The summed E-state index contributed by atoms with van der Waals surface area (Å²) in [6.45, 7) is 5.81. The van der Waals surface area contributed by atoms with E-state index in [0.717, 1.165) is 45.3 Å². The lowest BCUT2D eigenvalue weighted by Gasteiger charge is -2.36. The molecule has 2 amide bonds. The van der Waals surface area contributed by atoms with Crippen LogP contribution in [0.2, 0.25) is 0 Å². The predicted molar refractivity (Wildman–Crippen MR) is 69.1 cm³/mol. The van der Waals surface area contributed by atoms with E-state index in [1.165, 1.54) is 0 Å². The van der Waals surface area contributed by atoms with Crippen molar-refractivity contribution in [3.8, 4) is 0 Å². The second-order valence-electron chi connectivity index (χ2n) is 5.11. The summed E-state index contributed by atoms with van der Waals surface area (Å²) in [5, 5.41) is 3.31. The molecule has 0 aromatic rings. The molecule has 1 atom stereocenters. The number of fused-ring (bicyclic) bond motifs is 1. The van der Waals surface area contributed by atoms with Crippen molar-refractivity contribution < 1.29 is 9.59 Å². The molecule has 0 aliphatic carbocycles. The first-order chi connectivity index (χ1) is 8.74. The molecule has 2 fully saturated rings. The quantitative estimate of drug-likeness (QED) is 0.689. The van der Waals surface area contributed by atoms with Crippen LogP contribution in [-0.2, 0) is 9.59 Å². The van der Waals surface area contributed by atoms with E-state index in [4.69, 9.17) is 0 Å². The van der Waals surface area contributed by atoms with Crippen LogP contribution in [0.25, 0.3) is 0 Å². The molecule has 2 aliphatic rings. The molecule has 1 N–H and O–H groups in total. The average molecular weight is 253 g/mol. The number of amides is 2. The number of nitrogens with zero attached hydrogens (tertiary/aromatic N) is 2. The zero-order valence-corrected chi connectivity index (χ0v) is 11.2. The van der Waals surface area contributed by atoms with Crippen LogP contribution >= 0.6 is 0 Å². The molecule has 2 aliphatic heterocycles. The van der Waals surface area contributed by atoms with E-state index in [1.54, 1.807) is 9.80 Å². The molecule has 18 heavy (non-hydrogen) atoms. The van der Waals surface area contributed by atoms with Crippen LogP contribution in [0.1, 0.15) is 32.6 Å². The number of piperazine rings is 1. The Balaban J connectivity index is 1.78. The van der Waals surface area contributed by atoms with E-state index >= 15 is 0 Å². The summed E-state index contributed by atoms with van der Waals surface area (Å²) in [6.07, 6.45) is 3.85. The molecular formula is C13H23N3O2. The molecule has 2 rings (SSSR count). The predicted octanol–water partition coefficient (Wildman–Crippen LogP) is 0.209. The molecule has 5 nitrogen and oxygen atoms in total. The summed E-state index contributed by atoms with van der Waals surface area (Å²) in [4.78, 5) is 27.6. The van der Waals surface area contributed by atoms with Gasteiger partial charge in [-0.25, -0.2) is 0 Å². The minimum absolute atomic E-state index is 0.124. The van der Waals surface area contributed by atoms with Crippen LogP contribution in [0, 0.1) is 0 Å². The van der Waals surface area contributed by atoms with Crippen molar-refractivity contribution in [2.75, 3.05) is 32.7 Å². The molecule has 0 aromatic carbocycles. The molecule has 0 radical (unpaired) electrons. The van der Waals surface area contributed by atoms with Crippen molar-refractivity contribution >= 4 is 11.8 Å². The van der Waals surface area contributed by atoms with Crippen molar-refractivity contribution in [1.82, 2.24) is 15.1 Å². The molecule has 0 saturated carbocycles. The molecule has 0 spiro atoms. The van der Waals surface area contributed by atoms with Gasteiger partial charge in [-0.1, -0.05) is 6.92 Å². The van der Waals surface area contributed by atoms with Gasteiger partial charge in [0.2, 0.25) is 11.8 Å². The Morgan fingerprint density at radius 1 is 1.33 bits per heavy atom. The number of nitrogens with one attached hydrogen (secondary N) is 1. The van der Waals surface area contributed by atoms with Crippen LogP contribution in [0.4, 0.5) is 0 Å². The minimum Gasteiger partial charge on any atom is -0.332 e. The van der Waals surface area contributed by atoms with Gasteiger partial charge in [0.1, 0.15) is 6.04 Å². The van der Waals surface area contributed by atoms with Crippen LogP contribution in [0.3, 0.4) is 0 Å². The third-order valence-electron chi connectivity index (χ3n) is 3.70. The number of carbonyl (C=O) groups is 2. The zero-order chi connectivity index (χ0) is 13.0. The fourth-order valence-electron chi connectivity index (χ4n) is 2.75. The van der Waals surface area contributed by atoms with E-state index in [2.05, 4.69) is 12.2 Å². The lowest BCUT2D eigenvalue weighted by molar-refractivity contribution is -0.153. The lowest BCUT2D eigenvalue weighted by Crippen LogP contribution is -2.57. The fourth-order valence-corrected chi connectivity index (χ4v) is 2.75. The Morgan fingerprint density at radius 3 is 2.94 bits per heavy atom. The van der Waals surface area contributed by atoms with Gasteiger partial charge >= 0.3 is 0 Å². The number of rotatable bonds is 6. The number of hydrogen-bond acceptors (Lipinski definition) is 3. The summed E-state index contributed by atoms with van der Waals surface area (Å²) >= 11 is 0. The number of hydrogen-bond donors (Lipinski definition) is 1. The maximum absolute atomic E-state index is 12.2. The third kappa shape index (κ3) is 2.83. The molecular weight excluding hydrogens is 230 g/mol. The van der Waals surface area contributed by atoms with Crippen molar-refractivity contribution in [2.45, 2.75) is 38.6 Å². The number of carbonyl (C=O) groups excluding carboxylic acids is 2. The first-order valence-corrected chi connectivity index (χ1v) is 7.03. The van der Waals surface area contributed by atoms with Crippen LogP contribution < -0.4 is 5.32 Å². The molecule has 2 saturated heterocycles. The van der Waals surface area contributed by atoms with E-state index in [0.29, 0.717) is 6.54 Å².